The first-order valence-corrected chi connectivity index (χ1v) is 9.25. The van der Waals surface area contributed by atoms with Crippen LogP contribution in [0, 0.1) is 0 Å². The molecule has 1 aliphatic heterocycles. The molecular weight excluding hydrogens is 352 g/mol. The SMILES string of the molecule is O=c1c(CN2CCc3nc(-c4ccncc4)ncc3C2)coc2ccccc12. The summed E-state index contributed by atoms with van der Waals surface area (Å²) >= 11 is 0. The van der Waals surface area contributed by atoms with E-state index in [4.69, 9.17) is 9.40 Å². The summed E-state index contributed by atoms with van der Waals surface area (Å²) in [4.78, 5) is 28.3. The Labute approximate surface area is 161 Å². The molecule has 4 heterocycles. The molecule has 0 saturated carbocycles. The number of para-hydroxylation sites is 1. The Kier molecular flexibility index (Phi) is 4.18. The monoisotopic (exact) mass is 370 g/mol. The minimum Gasteiger partial charge on any atom is -0.464 e. The molecule has 0 saturated heterocycles. The van der Waals surface area contributed by atoms with E-state index in [2.05, 4.69) is 14.9 Å². The van der Waals surface area contributed by atoms with Crippen molar-refractivity contribution in [1.82, 2.24) is 19.9 Å². The van der Waals surface area contributed by atoms with Gasteiger partial charge in [0.1, 0.15) is 5.58 Å². The first kappa shape index (κ1) is 16.8. The summed E-state index contributed by atoms with van der Waals surface area (Å²) in [7, 11) is 0. The van der Waals surface area contributed by atoms with E-state index in [9.17, 15) is 4.79 Å². The lowest BCUT2D eigenvalue weighted by Gasteiger charge is -2.27. The van der Waals surface area contributed by atoms with Crippen molar-refractivity contribution in [1.29, 1.82) is 0 Å². The normalized spacial score (nSPS) is 14.1. The molecule has 0 spiro atoms. The van der Waals surface area contributed by atoms with Crippen molar-refractivity contribution in [3.63, 3.8) is 0 Å². The van der Waals surface area contributed by atoms with Crippen molar-refractivity contribution in [2.75, 3.05) is 6.54 Å². The highest BCUT2D eigenvalue weighted by Crippen LogP contribution is 2.22. The van der Waals surface area contributed by atoms with Gasteiger partial charge in [-0.05, 0) is 24.3 Å². The molecule has 138 valence electrons. The van der Waals surface area contributed by atoms with Crippen molar-refractivity contribution in [2.45, 2.75) is 19.5 Å². The predicted molar refractivity (Wildman–Crippen MR) is 106 cm³/mol. The van der Waals surface area contributed by atoms with Gasteiger partial charge >= 0.3 is 0 Å². The molecule has 0 radical (unpaired) electrons. The summed E-state index contributed by atoms with van der Waals surface area (Å²) in [5.41, 5.74) is 4.48. The van der Waals surface area contributed by atoms with Crippen LogP contribution >= 0.6 is 0 Å². The molecule has 0 fully saturated rings. The van der Waals surface area contributed by atoms with Crippen LogP contribution in [0.2, 0.25) is 0 Å². The number of aromatic nitrogens is 3. The van der Waals surface area contributed by atoms with Crippen molar-refractivity contribution in [3.8, 4) is 11.4 Å². The van der Waals surface area contributed by atoms with E-state index in [1.54, 1.807) is 18.7 Å². The Morgan fingerprint density at radius 2 is 1.96 bits per heavy atom. The molecule has 1 aliphatic rings. The van der Waals surface area contributed by atoms with Gasteiger partial charge in [-0.3, -0.25) is 14.7 Å². The van der Waals surface area contributed by atoms with E-state index in [0.29, 0.717) is 23.1 Å². The van der Waals surface area contributed by atoms with Gasteiger partial charge in [-0.15, -0.1) is 0 Å². The number of benzene rings is 1. The number of fused-ring (bicyclic) bond motifs is 2. The van der Waals surface area contributed by atoms with Crippen molar-refractivity contribution >= 4 is 11.0 Å². The van der Waals surface area contributed by atoms with Crippen LogP contribution in [0.1, 0.15) is 16.8 Å². The zero-order chi connectivity index (χ0) is 18.9. The third kappa shape index (κ3) is 3.08. The van der Waals surface area contributed by atoms with Crippen LogP contribution in [0.15, 0.2) is 70.5 Å². The van der Waals surface area contributed by atoms with E-state index in [0.717, 1.165) is 42.2 Å². The lowest BCUT2D eigenvalue weighted by Crippen LogP contribution is -2.32. The van der Waals surface area contributed by atoms with Gasteiger partial charge in [0.15, 0.2) is 11.3 Å². The van der Waals surface area contributed by atoms with E-state index in [1.807, 2.05) is 42.6 Å². The third-order valence-corrected chi connectivity index (χ3v) is 5.10. The first-order chi connectivity index (χ1) is 13.8. The molecule has 1 aromatic carbocycles. The quantitative estimate of drug-likeness (QED) is 0.551. The molecule has 0 amide bonds. The summed E-state index contributed by atoms with van der Waals surface area (Å²) in [5, 5.41) is 0.628. The van der Waals surface area contributed by atoms with Crippen molar-refractivity contribution < 1.29 is 4.42 Å². The van der Waals surface area contributed by atoms with Gasteiger partial charge in [0.2, 0.25) is 0 Å². The van der Waals surface area contributed by atoms with E-state index < -0.39 is 0 Å². The molecule has 0 N–H and O–H groups in total. The first-order valence-electron chi connectivity index (χ1n) is 9.25. The average molecular weight is 370 g/mol. The lowest BCUT2D eigenvalue weighted by atomic mass is 10.1. The highest BCUT2D eigenvalue weighted by molar-refractivity contribution is 5.76. The van der Waals surface area contributed by atoms with Gasteiger partial charge in [0.25, 0.3) is 0 Å². The lowest BCUT2D eigenvalue weighted by molar-refractivity contribution is 0.240. The highest BCUT2D eigenvalue weighted by atomic mass is 16.3. The molecule has 0 unspecified atom stereocenters. The molecule has 0 aliphatic carbocycles. The maximum atomic E-state index is 12.7. The van der Waals surface area contributed by atoms with E-state index >= 15 is 0 Å². The number of hydrogen-bond acceptors (Lipinski definition) is 6. The molecule has 6 heteroatoms. The standard InChI is InChI=1S/C22H18N4O2/c27-21-17(14-28-20-4-2-1-3-18(20)21)13-26-10-7-19-16(12-26)11-24-22(25-19)15-5-8-23-9-6-15/h1-6,8-9,11,14H,7,10,12-13H2. The van der Waals surface area contributed by atoms with Crippen LogP contribution in [0.3, 0.4) is 0 Å². The van der Waals surface area contributed by atoms with Crippen LogP contribution in [0.5, 0.6) is 0 Å². The van der Waals surface area contributed by atoms with Crippen LogP contribution in [0.25, 0.3) is 22.4 Å². The summed E-state index contributed by atoms with van der Waals surface area (Å²) in [5.74, 6) is 0.727. The minimum absolute atomic E-state index is 0.0388. The Balaban J connectivity index is 1.38. The van der Waals surface area contributed by atoms with Crippen LogP contribution in [-0.2, 0) is 19.5 Å². The number of nitrogens with zero attached hydrogens (tertiary/aromatic N) is 4. The number of rotatable bonds is 3. The van der Waals surface area contributed by atoms with Gasteiger partial charge in [0, 0.05) is 61.3 Å². The fourth-order valence-corrected chi connectivity index (χ4v) is 3.62. The van der Waals surface area contributed by atoms with E-state index in [1.165, 1.54) is 0 Å². The fraction of sp³-hybridized carbons (Fsp3) is 0.182. The molecule has 4 aromatic rings. The second-order valence-electron chi connectivity index (χ2n) is 6.95. The zero-order valence-electron chi connectivity index (χ0n) is 15.2. The second-order valence-corrected chi connectivity index (χ2v) is 6.95. The van der Waals surface area contributed by atoms with Crippen LogP contribution < -0.4 is 5.43 Å². The van der Waals surface area contributed by atoms with Gasteiger partial charge in [-0.1, -0.05) is 12.1 Å². The Hall–Kier alpha value is -3.38. The highest BCUT2D eigenvalue weighted by Gasteiger charge is 2.20. The minimum atomic E-state index is 0.0388. The molecule has 28 heavy (non-hydrogen) atoms. The summed E-state index contributed by atoms with van der Waals surface area (Å²) in [6, 6.07) is 11.2. The molecule has 5 rings (SSSR count). The number of pyridine rings is 1. The Morgan fingerprint density at radius 3 is 2.86 bits per heavy atom. The summed E-state index contributed by atoms with van der Waals surface area (Å²) in [6.45, 7) is 2.11. The van der Waals surface area contributed by atoms with Gasteiger partial charge in [0.05, 0.1) is 17.3 Å². The van der Waals surface area contributed by atoms with Crippen molar-refractivity contribution in [2.24, 2.45) is 0 Å². The third-order valence-electron chi connectivity index (χ3n) is 5.10. The smallest absolute Gasteiger partial charge is 0.197 e. The second kappa shape index (κ2) is 6.98. The Morgan fingerprint density at radius 1 is 1.11 bits per heavy atom. The maximum Gasteiger partial charge on any atom is 0.197 e. The number of hydrogen-bond donors (Lipinski definition) is 0. The largest absolute Gasteiger partial charge is 0.464 e. The van der Waals surface area contributed by atoms with Gasteiger partial charge < -0.3 is 4.42 Å². The predicted octanol–water partition coefficient (Wildman–Crippen LogP) is 3.20. The molecule has 3 aromatic heterocycles. The van der Waals surface area contributed by atoms with Gasteiger partial charge in [-0.25, -0.2) is 9.97 Å². The average Bonchev–Trinajstić information content (AvgIpc) is 2.76. The Bertz CT molecular complexity index is 1200. The maximum absolute atomic E-state index is 12.7. The fourth-order valence-electron chi connectivity index (χ4n) is 3.62. The molecule has 0 atom stereocenters. The topological polar surface area (TPSA) is 72.1 Å². The van der Waals surface area contributed by atoms with Crippen molar-refractivity contribution in [3.05, 3.63) is 88.3 Å². The summed E-state index contributed by atoms with van der Waals surface area (Å²) in [6.07, 6.45) is 7.80. The molecular formula is C22H18N4O2. The zero-order valence-corrected chi connectivity index (χ0v) is 15.2. The molecule has 0 bridgehead atoms. The van der Waals surface area contributed by atoms with Crippen LogP contribution in [-0.4, -0.2) is 26.4 Å². The summed E-state index contributed by atoms with van der Waals surface area (Å²) < 4.78 is 5.64. The van der Waals surface area contributed by atoms with E-state index in [-0.39, 0.29) is 5.43 Å². The van der Waals surface area contributed by atoms with Crippen LogP contribution in [0.4, 0.5) is 0 Å². The molecule has 6 nitrogen and oxygen atoms in total. The van der Waals surface area contributed by atoms with Gasteiger partial charge in [-0.2, -0.15) is 0 Å².